The van der Waals surface area contributed by atoms with E-state index in [1.54, 1.807) is 54.6 Å². The topological polar surface area (TPSA) is 69.9 Å². The molecule has 1 saturated heterocycles. The first kappa shape index (κ1) is 26.0. The molecule has 164 valence electrons. The second-order valence-corrected chi connectivity index (χ2v) is 7.81. The maximum Gasteiger partial charge on any atom is 0.229 e. The van der Waals surface area contributed by atoms with Crippen LogP contribution in [0, 0.1) is 6.92 Å². The van der Waals surface area contributed by atoms with Crippen LogP contribution in [0.3, 0.4) is 0 Å². The largest absolute Gasteiger partial charge is 0.508 e. The number of para-hydroxylation sites is 2. The molecule has 3 N–H and O–H groups in total. The predicted molar refractivity (Wildman–Crippen MR) is 129 cm³/mol. The third kappa shape index (κ3) is 13.8. The van der Waals surface area contributed by atoms with Gasteiger partial charge in [0.05, 0.1) is 0 Å². The van der Waals surface area contributed by atoms with Crippen LogP contribution in [-0.4, -0.2) is 31.7 Å². The standard InChI is InChI=1S/C10H12O.2C6H6O.C4H8OSi/c1-3-4-9-5-6-10(11)8(2)7-9;2*7-6-4-2-1-3-5-6;1-2-4-6-5-3-1/h3,5-7,11H,1,4H2,2H3;2*1-5,7H;1-4H2. The van der Waals surface area contributed by atoms with Gasteiger partial charge in [0, 0.05) is 6.61 Å². The van der Waals surface area contributed by atoms with Crippen molar-refractivity contribution in [1.82, 2.24) is 0 Å². The molecule has 0 saturated carbocycles. The first-order valence-electron chi connectivity index (χ1n) is 10.2. The zero-order valence-electron chi connectivity index (χ0n) is 18.1. The summed E-state index contributed by atoms with van der Waals surface area (Å²) in [4.78, 5) is 0. The fourth-order valence-corrected chi connectivity index (χ4v) is 3.21. The average molecular weight is 437 g/mol. The molecular formula is C26H32O4Si. The zero-order valence-corrected chi connectivity index (χ0v) is 19.1. The molecule has 3 aromatic carbocycles. The van der Waals surface area contributed by atoms with Crippen molar-refractivity contribution in [2.75, 3.05) is 6.61 Å². The zero-order chi connectivity index (χ0) is 22.7. The molecule has 1 heterocycles. The van der Waals surface area contributed by atoms with E-state index in [9.17, 15) is 5.11 Å². The average Bonchev–Trinajstić information content (AvgIpc) is 2.80. The predicted octanol–water partition coefficient (Wildman–Crippen LogP) is 6.05. The number of phenolic OH excluding ortho intramolecular Hbond substituents is 3. The number of allylic oxidation sites excluding steroid dienone is 1. The number of aryl methyl sites for hydroxylation is 1. The van der Waals surface area contributed by atoms with E-state index in [1.165, 1.54) is 24.4 Å². The molecule has 2 radical (unpaired) electrons. The minimum atomic E-state index is 0.322. The number of hydrogen-bond donors (Lipinski definition) is 3. The second kappa shape index (κ2) is 16.7. The highest BCUT2D eigenvalue weighted by atomic mass is 28.2. The minimum absolute atomic E-state index is 0.322. The van der Waals surface area contributed by atoms with Crippen molar-refractivity contribution in [3.63, 3.8) is 0 Å². The van der Waals surface area contributed by atoms with E-state index in [1.807, 2.05) is 37.3 Å². The van der Waals surface area contributed by atoms with Gasteiger partial charge < -0.3 is 19.7 Å². The Morgan fingerprint density at radius 1 is 0.871 bits per heavy atom. The quantitative estimate of drug-likeness (QED) is 0.338. The van der Waals surface area contributed by atoms with Gasteiger partial charge in [0.2, 0.25) is 9.76 Å². The monoisotopic (exact) mass is 436 g/mol. The normalized spacial score (nSPS) is 11.9. The number of phenols is 3. The highest BCUT2D eigenvalue weighted by Gasteiger charge is 1.97. The summed E-state index contributed by atoms with van der Waals surface area (Å²) in [6.45, 7) is 6.55. The van der Waals surface area contributed by atoms with Crippen LogP contribution in [0.4, 0.5) is 0 Å². The van der Waals surface area contributed by atoms with Crippen LogP contribution in [0.5, 0.6) is 17.2 Å². The second-order valence-electron chi connectivity index (χ2n) is 6.73. The highest BCUT2D eigenvalue weighted by Crippen LogP contribution is 2.17. The molecule has 5 heteroatoms. The summed E-state index contributed by atoms with van der Waals surface area (Å²) in [5.74, 6) is 1.00. The van der Waals surface area contributed by atoms with Crippen molar-refractivity contribution in [2.45, 2.75) is 32.2 Å². The summed E-state index contributed by atoms with van der Waals surface area (Å²) in [6, 6.07) is 24.3. The van der Waals surface area contributed by atoms with Crippen LogP contribution in [0.25, 0.3) is 0 Å². The molecule has 0 atom stereocenters. The van der Waals surface area contributed by atoms with Gasteiger partial charge in [0.1, 0.15) is 17.2 Å². The van der Waals surface area contributed by atoms with E-state index in [0.717, 1.165) is 28.4 Å². The Balaban J connectivity index is 0.000000213. The van der Waals surface area contributed by atoms with E-state index in [4.69, 9.17) is 14.6 Å². The lowest BCUT2D eigenvalue weighted by Gasteiger charge is -2.06. The third-order valence-electron chi connectivity index (χ3n) is 4.03. The van der Waals surface area contributed by atoms with E-state index in [-0.39, 0.29) is 0 Å². The van der Waals surface area contributed by atoms with E-state index < -0.39 is 0 Å². The molecule has 31 heavy (non-hydrogen) atoms. The van der Waals surface area contributed by atoms with Crippen LogP contribution in [0.15, 0.2) is 91.5 Å². The van der Waals surface area contributed by atoms with Gasteiger partial charge in [-0.2, -0.15) is 0 Å². The lowest BCUT2D eigenvalue weighted by atomic mass is 10.1. The number of rotatable bonds is 2. The van der Waals surface area contributed by atoms with Crippen LogP contribution in [-0.2, 0) is 10.8 Å². The highest BCUT2D eigenvalue weighted by molar-refractivity contribution is 6.27. The molecule has 1 fully saturated rings. The Morgan fingerprint density at radius 3 is 1.74 bits per heavy atom. The van der Waals surface area contributed by atoms with E-state index in [0.29, 0.717) is 17.2 Å². The molecule has 1 aliphatic heterocycles. The van der Waals surface area contributed by atoms with Crippen LogP contribution < -0.4 is 0 Å². The van der Waals surface area contributed by atoms with E-state index in [2.05, 4.69) is 6.58 Å². The van der Waals surface area contributed by atoms with Crippen molar-refractivity contribution < 1.29 is 19.7 Å². The molecule has 0 unspecified atom stereocenters. The van der Waals surface area contributed by atoms with Gasteiger partial charge in [-0.3, -0.25) is 0 Å². The number of hydrogen-bond acceptors (Lipinski definition) is 4. The van der Waals surface area contributed by atoms with Gasteiger partial charge >= 0.3 is 0 Å². The van der Waals surface area contributed by atoms with Crippen molar-refractivity contribution in [3.8, 4) is 17.2 Å². The lowest BCUT2D eigenvalue weighted by molar-refractivity contribution is 0.304. The van der Waals surface area contributed by atoms with Gasteiger partial charge in [-0.15, -0.1) is 6.58 Å². The van der Waals surface area contributed by atoms with Crippen LogP contribution in [0.1, 0.15) is 24.0 Å². The molecule has 0 spiro atoms. The SMILES string of the molecule is C1CC[Si]OC1.C=CCc1ccc(O)c(C)c1.Oc1ccccc1.Oc1ccccc1. The van der Waals surface area contributed by atoms with Gasteiger partial charge in [0.25, 0.3) is 0 Å². The van der Waals surface area contributed by atoms with Crippen LogP contribution in [0.2, 0.25) is 6.04 Å². The first-order valence-corrected chi connectivity index (χ1v) is 11.4. The fourth-order valence-electron chi connectivity index (χ4n) is 2.38. The Kier molecular flexibility index (Phi) is 14.0. The van der Waals surface area contributed by atoms with Gasteiger partial charge in [-0.1, -0.05) is 61.0 Å². The van der Waals surface area contributed by atoms with Crippen molar-refractivity contribution in [2.24, 2.45) is 0 Å². The van der Waals surface area contributed by atoms with Gasteiger partial charge in [-0.25, -0.2) is 0 Å². The molecule has 0 aliphatic carbocycles. The fraction of sp³-hybridized carbons (Fsp3) is 0.231. The Hall–Kier alpha value is -3.02. The number of benzene rings is 3. The minimum Gasteiger partial charge on any atom is -0.508 e. The molecule has 1 aliphatic rings. The summed E-state index contributed by atoms with van der Waals surface area (Å²) >= 11 is 0. The molecule has 0 aromatic heterocycles. The maximum absolute atomic E-state index is 9.19. The van der Waals surface area contributed by atoms with Crippen molar-refractivity contribution in [3.05, 3.63) is 103 Å². The van der Waals surface area contributed by atoms with Crippen LogP contribution >= 0.6 is 0 Å². The third-order valence-corrected chi connectivity index (χ3v) is 5.00. The summed E-state index contributed by atoms with van der Waals surface area (Å²) in [5, 5.41) is 26.5. The summed E-state index contributed by atoms with van der Waals surface area (Å²) in [5.41, 5.74) is 2.11. The van der Waals surface area contributed by atoms with E-state index >= 15 is 0 Å². The molecule has 3 aromatic rings. The first-order chi connectivity index (χ1) is 15.0. The molecule has 0 bridgehead atoms. The molecule has 4 nitrogen and oxygen atoms in total. The Labute approximate surface area is 188 Å². The molecular weight excluding hydrogens is 404 g/mol. The lowest BCUT2D eigenvalue weighted by Crippen LogP contribution is -2.06. The van der Waals surface area contributed by atoms with Gasteiger partial charge in [0.15, 0.2) is 0 Å². The van der Waals surface area contributed by atoms with Gasteiger partial charge in [-0.05, 0) is 67.3 Å². The molecule has 0 amide bonds. The number of aromatic hydroxyl groups is 3. The maximum atomic E-state index is 9.19. The summed E-state index contributed by atoms with van der Waals surface area (Å²) in [7, 11) is 0.802. The Bertz CT molecular complexity index is 786. The summed E-state index contributed by atoms with van der Waals surface area (Å²) < 4.78 is 5.10. The summed E-state index contributed by atoms with van der Waals surface area (Å²) in [6.07, 6.45) is 5.39. The Morgan fingerprint density at radius 2 is 1.45 bits per heavy atom. The molecule has 4 rings (SSSR count). The van der Waals surface area contributed by atoms with Crippen molar-refractivity contribution in [1.29, 1.82) is 0 Å². The van der Waals surface area contributed by atoms with Crippen molar-refractivity contribution >= 4 is 9.76 Å². The smallest absolute Gasteiger partial charge is 0.229 e.